The Morgan fingerprint density at radius 1 is 1.10 bits per heavy atom. The number of aromatic nitrogens is 1. The number of para-hydroxylation sites is 1. The van der Waals surface area contributed by atoms with E-state index in [4.69, 9.17) is 4.98 Å². The number of carbonyl (C=O) groups excluding carboxylic acids is 1. The molecule has 0 aliphatic carbocycles. The van der Waals surface area contributed by atoms with E-state index in [1.165, 1.54) is 17.4 Å². The first-order valence-corrected chi connectivity index (χ1v) is 10.7. The SMILES string of the molecule is CCc1ccccc1N(C(C)=O)c1nc(CN(CC)Cc2cccc(F)c2)cs1. The van der Waals surface area contributed by atoms with E-state index < -0.39 is 0 Å². The zero-order chi connectivity index (χ0) is 20.8. The number of nitrogens with zero attached hydrogens (tertiary/aromatic N) is 3. The van der Waals surface area contributed by atoms with Crippen LogP contribution in [-0.4, -0.2) is 22.3 Å². The highest BCUT2D eigenvalue weighted by atomic mass is 32.1. The second-order valence-electron chi connectivity index (χ2n) is 6.89. The van der Waals surface area contributed by atoms with Gasteiger partial charge in [0.2, 0.25) is 5.91 Å². The summed E-state index contributed by atoms with van der Waals surface area (Å²) >= 11 is 1.47. The summed E-state index contributed by atoms with van der Waals surface area (Å²) in [6.07, 6.45) is 0.843. The second kappa shape index (κ2) is 9.76. The number of hydrogen-bond donors (Lipinski definition) is 0. The maximum Gasteiger partial charge on any atom is 0.230 e. The van der Waals surface area contributed by atoms with Crippen LogP contribution in [0.25, 0.3) is 0 Å². The zero-order valence-corrected chi connectivity index (χ0v) is 17.9. The average molecular weight is 412 g/mol. The molecule has 3 aromatic rings. The van der Waals surface area contributed by atoms with Gasteiger partial charge in [-0.1, -0.05) is 44.2 Å². The predicted octanol–water partition coefficient (Wildman–Crippen LogP) is 5.55. The van der Waals surface area contributed by atoms with E-state index >= 15 is 0 Å². The molecule has 0 fully saturated rings. The van der Waals surface area contributed by atoms with Gasteiger partial charge in [0, 0.05) is 25.4 Å². The van der Waals surface area contributed by atoms with Gasteiger partial charge in [-0.2, -0.15) is 0 Å². The number of carbonyl (C=O) groups is 1. The van der Waals surface area contributed by atoms with Gasteiger partial charge in [0.15, 0.2) is 5.13 Å². The number of benzene rings is 2. The molecule has 0 aliphatic rings. The lowest BCUT2D eigenvalue weighted by Crippen LogP contribution is -2.24. The van der Waals surface area contributed by atoms with E-state index in [1.54, 1.807) is 24.0 Å². The Morgan fingerprint density at radius 3 is 2.59 bits per heavy atom. The van der Waals surface area contributed by atoms with Crippen molar-refractivity contribution in [2.45, 2.75) is 40.3 Å². The molecular formula is C23H26FN3OS. The molecule has 4 nitrogen and oxygen atoms in total. The quantitative estimate of drug-likeness (QED) is 0.487. The molecule has 152 valence electrons. The van der Waals surface area contributed by atoms with Crippen LogP contribution < -0.4 is 4.90 Å². The van der Waals surface area contributed by atoms with Gasteiger partial charge in [-0.05, 0) is 42.3 Å². The Kier molecular flexibility index (Phi) is 7.12. The van der Waals surface area contributed by atoms with Crippen molar-refractivity contribution in [3.63, 3.8) is 0 Å². The fourth-order valence-corrected chi connectivity index (χ4v) is 4.18. The lowest BCUT2D eigenvalue weighted by atomic mass is 10.1. The normalized spacial score (nSPS) is 11.1. The summed E-state index contributed by atoms with van der Waals surface area (Å²) in [6, 6.07) is 14.6. The van der Waals surface area contributed by atoms with Crippen LogP contribution in [0, 0.1) is 5.82 Å². The molecule has 0 saturated carbocycles. The van der Waals surface area contributed by atoms with E-state index in [1.807, 2.05) is 35.7 Å². The van der Waals surface area contributed by atoms with E-state index in [9.17, 15) is 9.18 Å². The molecule has 0 aliphatic heterocycles. The molecule has 1 heterocycles. The predicted molar refractivity (Wildman–Crippen MR) is 117 cm³/mol. The summed E-state index contributed by atoms with van der Waals surface area (Å²) in [5, 5.41) is 2.67. The first-order chi connectivity index (χ1) is 14.0. The average Bonchev–Trinajstić information content (AvgIpc) is 3.15. The minimum absolute atomic E-state index is 0.0566. The van der Waals surface area contributed by atoms with Crippen molar-refractivity contribution >= 4 is 28.1 Å². The minimum Gasteiger partial charge on any atom is -0.294 e. The summed E-state index contributed by atoms with van der Waals surface area (Å²) in [4.78, 5) is 21.0. The van der Waals surface area contributed by atoms with Crippen LogP contribution in [0.1, 0.15) is 37.6 Å². The number of thiazole rings is 1. The third-order valence-electron chi connectivity index (χ3n) is 4.79. The monoisotopic (exact) mass is 411 g/mol. The summed E-state index contributed by atoms with van der Waals surface area (Å²) in [5.74, 6) is -0.278. The fraction of sp³-hybridized carbons (Fsp3) is 0.304. The maximum absolute atomic E-state index is 13.5. The smallest absolute Gasteiger partial charge is 0.230 e. The Hall–Kier alpha value is -2.57. The fourth-order valence-electron chi connectivity index (χ4n) is 3.31. The van der Waals surface area contributed by atoms with Crippen molar-refractivity contribution < 1.29 is 9.18 Å². The summed E-state index contributed by atoms with van der Waals surface area (Å²) in [7, 11) is 0. The molecule has 2 aromatic carbocycles. The Labute approximate surface area is 175 Å². The molecular weight excluding hydrogens is 385 g/mol. The van der Waals surface area contributed by atoms with Crippen LogP contribution in [0.15, 0.2) is 53.9 Å². The molecule has 0 atom stereocenters. The van der Waals surface area contributed by atoms with Crippen LogP contribution >= 0.6 is 11.3 Å². The third kappa shape index (κ3) is 5.28. The highest BCUT2D eigenvalue weighted by Gasteiger charge is 2.20. The van der Waals surface area contributed by atoms with E-state index in [0.29, 0.717) is 18.2 Å². The molecule has 0 saturated heterocycles. The molecule has 6 heteroatoms. The summed E-state index contributed by atoms with van der Waals surface area (Å²) in [6.45, 7) is 7.83. The lowest BCUT2D eigenvalue weighted by Gasteiger charge is -2.21. The van der Waals surface area contributed by atoms with Crippen LogP contribution in [0.5, 0.6) is 0 Å². The van der Waals surface area contributed by atoms with Crippen LogP contribution in [0.2, 0.25) is 0 Å². The Morgan fingerprint density at radius 2 is 1.90 bits per heavy atom. The van der Waals surface area contributed by atoms with Crippen molar-refractivity contribution in [2.24, 2.45) is 0 Å². The maximum atomic E-state index is 13.5. The number of anilines is 2. The van der Waals surface area contributed by atoms with Crippen molar-refractivity contribution in [3.05, 3.63) is 76.5 Å². The van der Waals surface area contributed by atoms with E-state index in [-0.39, 0.29) is 11.7 Å². The molecule has 0 radical (unpaired) electrons. The lowest BCUT2D eigenvalue weighted by molar-refractivity contribution is -0.115. The highest BCUT2D eigenvalue weighted by Crippen LogP contribution is 2.32. The molecule has 3 rings (SSSR count). The summed E-state index contributed by atoms with van der Waals surface area (Å²) in [5.41, 5.74) is 3.84. The third-order valence-corrected chi connectivity index (χ3v) is 5.66. The van der Waals surface area contributed by atoms with Gasteiger partial charge in [-0.15, -0.1) is 11.3 Å². The highest BCUT2D eigenvalue weighted by molar-refractivity contribution is 7.14. The van der Waals surface area contributed by atoms with Gasteiger partial charge in [-0.25, -0.2) is 9.37 Å². The second-order valence-corrected chi connectivity index (χ2v) is 7.73. The molecule has 0 N–H and O–H groups in total. The molecule has 0 bridgehead atoms. The van der Waals surface area contributed by atoms with Crippen molar-refractivity contribution in [3.8, 4) is 0 Å². The number of hydrogen-bond acceptors (Lipinski definition) is 4. The summed E-state index contributed by atoms with van der Waals surface area (Å²) < 4.78 is 13.5. The van der Waals surface area contributed by atoms with Crippen molar-refractivity contribution in [1.82, 2.24) is 9.88 Å². The largest absolute Gasteiger partial charge is 0.294 e. The molecule has 29 heavy (non-hydrogen) atoms. The first-order valence-electron chi connectivity index (χ1n) is 9.81. The number of rotatable bonds is 8. The van der Waals surface area contributed by atoms with Crippen LogP contribution in [0.3, 0.4) is 0 Å². The van der Waals surface area contributed by atoms with Gasteiger partial charge in [0.25, 0.3) is 0 Å². The first kappa shape index (κ1) is 21.1. The van der Waals surface area contributed by atoms with Gasteiger partial charge < -0.3 is 0 Å². The Balaban J connectivity index is 1.79. The van der Waals surface area contributed by atoms with Gasteiger partial charge in [-0.3, -0.25) is 14.6 Å². The topological polar surface area (TPSA) is 36.4 Å². The van der Waals surface area contributed by atoms with Gasteiger partial charge in [0.1, 0.15) is 5.82 Å². The molecule has 0 spiro atoms. The number of amides is 1. The Bertz CT molecular complexity index is 972. The van der Waals surface area contributed by atoms with Crippen LogP contribution in [0.4, 0.5) is 15.2 Å². The molecule has 0 unspecified atom stereocenters. The van der Waals surface area contributed by atoms with Crippen LogP contribution in [-0.2, 0) is 24.3 Å². The zero-order valence-electron chi connectivity index (χ0n) is 17.1. The standard InChI is InChI=1S/C23H26FN3OS/c1-4-19-10-6-7-12-22(19)27(17(3)28)23-25-21(16-29-23)15-26(5-2)14-18-9-8-11-20(24)13-18/h6-13,16H,4-5,14-15H2,1-3H3. The van der Waals surface area contributed by atoms with Crippen molar-refractivity contribution in [2.75, 3.05) is 11.4 Å². The van der Waals surface area contributed by atoms with E-state index in [0.717, 1.165) is 35.5 Å². The van der Waals surface area contributed by atoms with E-state index in [2.05, 4.69) is 18.7 Å². The van der Waals surface area contributed by atoms with Gasteiger partial charge in [0.05, 0.1) is 11.4 Å². The molecule has 1 aromatic heterocycles. The van der Waals surface area contributed by atoms with Crippen molar-refractivity contribution in [1.29, 1.82) is 0 Å². The number of halogens is 1. The van der Waals surface area contributed by atoms with Gasteiger partial charge >= 0.3 is 0 Å². The minimum atomic E-state index is -0.221. The number of aryl methyl sites for hydroxylation is 1. The molecule has 1 amide bonds.